The molecule has 1 saturated heterocycles. The van der Waals surface area contributed by atoms with E-state index in [1.807, 2.05) is 11.8 Å². The molecule has 1 aromatic carbocycles. The summed E-state index contributed by atoms with van der Waals surface area (Å²) in [4.78, 5) is 16.8. The molecule has 0 unspecified atom stereocenters. The fraction of sp³-hybridized carbons (Fsp3) is 0.474. The first kappa shape index (κ1) is 17.0. The van der Waals surface area contributed by atoms with Crippen LogP contribution in [0.3, 0.4) is 0 Å². The molecule has 1 N–H and O–H groups in total. The third kappa shape index (κ3) is 3.88. The van der Waals surface area contributed by atoms with Gasteiger partial charge in [0.2, 0.25) is 0 Å². The first-order valence-corrected chi connectivity index (χ1v) is 9.19. The van der Waals surface area contributed by atoms with Crippen molar-refractivity contribution in [3.05, 3.63) is 41.8 Å². The lowest BCUT2D eigenvalue weighted by molar-refractivity contribution is 0.144. The summed E-state index contributed by atoms with van der Waals surface area (Å²) in [5.41, 5.74) is 1.47. The molecule has 2 aliphatic rings. The van der Waals surface area contributed by atoms with Crippen molar-refractivity contribution in [3.8, 4) is 5.69 Å². The largest absolute Gasteiger partial charge is 0.323 e. The molecule has 0 bridgehead atoms. The highest BCUT2D eigenvalue weighted by Gasteiger charge is 2.27. The lowest BCUT2D eigenvalue weighted by Gasteiger charge is -2.34. The molecule has 0 radical (unpaired) electrons. The Morgan fingerprint density at radius 2 is 2.00 bits per heavy atom. The van der Waals surface area contributed by atoms with Crippen LogP contribution in [0.2, 0.25) is 0 Å². The summed E-state index contributed by atoms with van der Waals surface area (Å²) in [5.74, 6) is 1.05. The summed E-state index contributed by atoms with van der Waals surface area (Å²) < 4.78 is 15.1. The van der Waals surface area contributed by atoms with E-state index in [1.165, 1.54) is 31.5 Å². The van der Waals surface area contributed by atoms with Gasteiger partial charge in [0.05, 0.1) is 5.69 Å². The average molecular weight is 357 g/mol. The molecule has 4 rings (SSSR count). The molecule has 1 saturated carbocycles. The lowest BCUT2D eigenvalue weighted by Crippen LogP contribution is -2.50. The van der Waals surface area contributed by atoms with Gasteiger partial charge < -0.3 is 4.90 Å². The van der Waals surface area contributed by atoms with Crippen LogP contribution in [0, 0.1) is 18.7 Å². The Bertz CT molecular complexity index is 793. The number of nitrogens with zero attached hydrogens (tertiary/aromatic N) is 4. The van der Waals surface area contributed by atoms with Crippen molar-refractivity contribution >= 4 is 11.8 Å². The third-order valence-electron chi connectivity index (χ3n) is 5.05. The minimum absolute atomic E-state index is 0.125. The molecule has 0 atom stereocenters. The number of carbonyl (C=O) groups is 1. The molecular formula is C19H24FN5O. The van der Waals surface area contributed by atoms with Gasteiger partial charge in [0.1, 0.15) is 5.82 Å². The van der Waals surface area contributed by atoms with Gasteiger partial charge in [-0.25, -0.2) is 13.9 Å². The molecule has 2 amide bonds. The average Bonchev–Trinajstić information content (AvgIpc) is 3.36. The van der Waals surface area contributed by atoms with Gasteiger partial charge in [-0.3, -0.25) is 10.2 Å². The minimum Gasteiger partial charge on any atom is -0.322 e. The zero-order chi connectivity index (χ0) is 18.1. The number of hydrogen-bond donors (Lipinski definition) is 1. The fourth-order valence-corrected chi connectivity index (χ4v) is 3.39. The number of aryl methyl sites for hydroxylation is 1. The summed E-state index contributed by atoms with van der Waals surface area (Å²) in [6.45, 7) is 6.39. The maximum absolute atomic E-state index is 13.4. The topological polar surface area (TPSA) is 53.4 Å². The van der Waals surface area contributed by atoms with Gasteiger partial charge in [0, 0.05) is 44.5 Å². The Morgan fingerprint density at radius 1 is 1.23 bits per heavy atom. The van der Waals surface area contributed by atoms with E-state index in [0.29, 0.717) is 11.5 Å². The van der Waals surface area contributed by atoms with Gasteiger partial charge in [-0.1, -0.05) is 6.07 Å². The van der Waals surface area contributed by atoms with E-state index in [4.69, 9.17) is 0 Å². The smallest absolute Gasteiger partial charge is 0.322 e. The molecule has 1 aliphatic carbocycles. The fourth-order valence-electron chi connectivity index (χ4n) is 3.39. The van der Waals surface area contributed by atoms with Crippen LogP contribution < -0.4 is 5.32 Å². The Balaban J connectivity index is 1.37. The maximum Gasteiger partial charge on any atom is 0.323 e. The van der Waals surface area contributed by atoms with Crippen molar-refractivity contribution in [3.63, 3.8) is 0 Å². The van der Waals surface area contributed by atoms with Crippen LogP contribution in [0.1, 0.15) is 18.5 Å². The highest BCUT2D eigenvalue weighted by atomic mass is 19.1. The van der Waals surface area contributed by atoms with Gasteiger partial charge in [-0.15, -0.1) is 5.10 Å². The number of piperazine rings is 1. The first-order valence-electron chi connectivity index (χ1n) is 9.19. The number of hydrogen-bond acceptors (Lipinski definition) is 3. The molecule has 1 aliphatic heterocycles. The van der Waals surface area contributed by atoms with Crippen LogP contribution in [0.25, 0.3) is 5.69 Å². The maximum atomic E-state index is 13.4. The second-order valence-corrected chi connectivity index (χ2v) is 7.22. The van der Waals surface area contributed by atoms with Crippen LogP contribution in [0.15, 0.2) is 30.3 Å². The van der Waals surface area contributed by atoms with E-state index in [0.717, 1.165) is 37.8 Å². The van der Waals surface area contributed by atoms with Crippen molar-refractivity contribution in [1.29, 1.82) is 0 Å². The van der Waals surface area contributed by atoms with Crippen molar-refractivity contribution in [2.75, 3.05) is 38.0 Å². The summed E-state index contributed by atoms with van der Waals surface area (Å²) in [7, 11) is 0. The highest BCUT2D eigenvalue weighted by Crippen LogP contribution is 2.30. The second kappa shape index (κ2) is 7.07. The molecular weight excluding hydrogens is 333 g/mol. The van der Waals surface area contributed by atoms with Crippen molar-refractivity contribution in [2.24, 2.45) is 5.92 Å². The van der Waals surface area contributed by atoms with Crippen LogP contribution in [0.5, 0.6) is 0 Å². The molecule has 7 heteroatoms. The number of halogens is 1. The predicted molar refractivity (Wildman–Crippen MR) is 98.0 cm³/mol. The van der Waals surface area contributed by atoms with Crippen LogP contribution >= 0.6 is 0 Å². The van der Waals surface area contributed by atoms with Gasteiger partial charge in [-0.2, -0.15) is 0 Å². The summed E-state index contributed by atoms with van der Waals surface area (Å²) in [6.07, 6.45) is 2.71. The third-order valence-corrected chi connectivity index (χ3v) is 5.05. The molecule has 138 valence electrons. The van der Waals surface area contributed by atoms with E-state index < -0.39 is 0 Å². The van der Waals surface area contributed by atoms with Gasteiger partial charge in [0.15, 0.2) is 5.82 Å². The molecule has 0 spiro atoms. The number of benzene rings is 1. The van der Waals surface area contributed by atoms with Crippen LogP contribution in [0.4, 0.5) is 15.0 Å². The quantitative estimate of drug-likeness (QED) is 0.915. The normalized spacial score (nSPS) is 18.2. The van der Waals surface area contributed by atoms with Gasteiger partial charge in [-0.05, 0) is 43.9 Å². The van der Waals surface area contributed by atoms with E-state index in [-0.39, 0.29) is 11.8 Å². The van der Waals surface area contributed by atoms with Gasteiger partial charge >= 0.3 is 6.03 Å². The molecule has 2 fully saturated rings. The number of rotatable bonds is 4. The van der Waals surface area contributed by atoms with E-state index in [1.54, 1.807) is 22.9 Å². The highest BCUT2D eigenvalue weighted by molar-refractivity contribution is 5.88. The molecule has 2 aromatic rings. The number of aromatic nitrogens is 2. The van der Waals surface area contributed by atoms with E-state index >= 15 is 0 Å². The van der Waals surface area contributed by atoms with Gasteiger partial charge in [0.25, 0.3) is 0 Å². The number of amides is 2. The number of carbonyl (C=O) groups excluding carboxylic acids is 1. The van der Waals surface area contributed by atoms with E-state index in [2.05, 4.69) is 15.3 Å². The lowest BCUT2D eigenvalue weighted by atomic mass is 10.3. The van der Waals surface area contributed by atoms with Crippen molar-refractivity contribution < 1.29 is 9.18 Å². The zero-order valence-electron chi connectivity index (χ0n) is 15.0. The van der Waals surface area contributed by atoms with Crippen molar-refractivity contribution in [1.82, 2.24) is 19.6 Å². The molecule has 2 heterocycles. The zero-order valence-corrected chi connectivity index (χ0v) is 15.0. The monoisotopic (exact) mass is 357 g/mol. The number of urea groups is 1. The van der Waals surface area contributed by atoms with Crippen molar-refractivity contribution in [2.45, 2.75) is 19.8 Å². The summed E-state index contributed by atoms with van der Waals surface area (Å²) in [5, 5.41) is 7.27. The molecule has 6 nitrogen and oxygen atoms in total. The van der Waals surface area contributed by atoms with Crippen LogP contribution in [-0.4, -0.2) is 58.3 Å². The number of anilines is 1. The molecule has 1 aromatic heterocycles. The summed E-state index contributed by atoms with van der Waals surface area (Å²) >= 11 is 0. The molecule has 26 heavy (non-hydrogen) atoms. The first-order chi connectivity index (χ1) is 12.6. The SMILES string of the molecule is Cc1cc(NC(=O)N2CCN(CC3CC3)CC2)nn1-c1cccc(F)c1. The summed E-state index contributed by atoms with van der Waals surface area (Å²) in [6, 6.07) is 7.92. The Morgan fingerprint density at radius 3 is 2.69 bits per heavy atom. The second-order valence-electron chi connectivity index (χ2n) is 7.22. The number of nitrogens with one attached hydrogen (secondary N) is 1. The van der Waals surface area contributed by atoms with E-state index in [9.17, 15) is 9.18 Å². The Kier molecular flexibility index (Phi) is 4.63. The Labute approximate surface area is 152 Å². The van der Waals surface area contributed by atoms with Crippen LogP contribution in [-0.2, 0) is 0 Å². The standard InChI is InChI=1S/C19H24FN5O/c1-14-11-18(22-25(14)17-4-2-3-16(20)12-17)21-19(26)24-9-7-23(8-10-24)13-15-5-6-15/h2-4,11-12,15H,5-10,13H2,1H3,(H,21,22,26). The Hall–Kier alpha value is -2.41. The minimum atomic E-state index is -0.313. The predicted octanol–water partition coefficient (Wildman–Crippen LogP) is 2.88.